The van der Waals surface area contributed by atoms with Crippen molar-refractivity contribution in [2.75, 3.05) is 6.61 Å². The number of ether oxygens (including phenoxy) is 1. The number of rotatable bonds is 3. The van der Waals surface area contributed by atoms with Gasteiger partial charge >= 0.3 is 5.97 Å². The number of hydrogen-bond donors (Lipinski definition) is 1. The van der Waals surface area contributed by atoms with Gasteiger partial charge in [0.25, 0.3) is 0 Å². The summed E-state index contributed by atoms with van der Waals surface area (Å²) in [6.45, 7) is 3.61. The number of carbonyl (C=O) groups excluding carboxylic acids is 1. The highest BCUT2D eigenvalue weighted by Crippen LogP contribution is 2.16. The smallest absolute Gasteiger partial charge is 0.330 e. The molecule has 0 saturated carbocycles. The second-order valence-electron chi connectivity index (χ2n) is 3.05. The molecule has 0 spiro atoms. The molecule has 0 amide bonds. The van der Waals surface area contributed by atoms with E-state index in [1.54, 1.807) is 13.8 Å². The van der Waals surface area contributed by atoms with E-state index in [9.17, 15) is 4.79 Å². The first-order valence-corrected chi connectivity index (χ1v) is 4.30. The van der Waals surface area contributed by atoms with Crippen molar-refractivity contribution in [1.82, 2.24) is 9.97 Å². The normalized spacial score (nSPS) is 14.5. The number of nitrogens with zero attached hydrogens (tertiary/aromatic N) is 2. The van der Waals surface area contributed by atoms with E-state index in [1.807, 2.05) is 0 Å². The van der Waals surface area contributed by atoms with Crippen LogP contribution in [0, 0.1) is 0 Å². The summed E-state index contributed by atoms with van der Waals surface area (Å²) in [5.41, 5.74) is 5.17. The topological polar surface area (TPSA) is 78.1 Å². The summed E-state index contributed by atoms with van der Waals surface area (Å²) in [5.74, 6) is -0.477. The summed E-state index contributed by atoms with van der Waals surface area (Å²) >= 11 is 0. The fourth-order valence-electron chi connectivity index (χ4n) is 0.966. The molecule has 1 rings (SSSR count). The van der Waals surface area contributed by atoms with Gasteiger partial charge in [-0.05, 0) is 13.8 Å². The summed E-state index contributed by atoms with van der Waals surface area (Å²) in [5, 5.41) is 0. The van der Waals surface area contributed by atoms with Crippen LogP contribution in [0.2, 0.25) is 0 Å². The van der Waals surface area contributed by atoms with Crippen molar-refractivity contribution in [2.45, 2.75) is 19.4 Å². The summed E-state index contributed by atoms with van der Waals surface area (Å²) in [4.78, 5) is 19.1. The molecule has 14 heavy (non-hydrogen) atoms. The maximum absolute atomic E-state index is 11.5. The molecule has 1 atom stereocenters. The van der Waals surface area contributed by atoms with Crippen LogP contribution in [-0.4, -0.2) is 22.5 Å². The van der Waals surface area contributed by atoms with Crippen molar-refractivity contribution in [2.24, 2.45) is 5.73 Å². The predicted molar refractivity (Wildman–Crippen MR) is 50.2 cm³/mol. The van der Waals surface area contributed by atoms with Crippen molar-refractivity contribution >= 4 is 5.97 Å². The molecule has 0 aliphatic rings. The van der Waals surface area contributed by atoms with E-state index < -0.39 is 11.5 Å². The Morgan fingerprint density at radius 3 is 2.64 bits per heavy atom. The lowest BCUT2D eigenvalue weighted by molar-refractivity contribution is -0.149. The average molecular weight is 195 g/mol. The van der Waals surface area contributed by atoms with Gasteiger partial charge in [-0.15, -0.1) is 0 Å². The van der Waals surface area contributed by atoms with Crippen molar-refractivity contribution in [3.05, 3.63) is 24.3 Å². The molecule has 0 bridgehead atoms. The van der Waals surface area contributed by atoms with Gasteiger partial charge in [0.2, 0.25) is 0 Å². The molecule has 1 unspecified atom stereocenters. The lowest BCUT2D eigenvalue weighted by atomic mass is 9.96. The largest absolute Gasteiger partial charge is 0.464 e. The molecular formula is C9H13N3O2. The molecule has 1 aromatic rings. The summed E-state index contributed by atoms with van der Waals surface area (Å²) in [6.07, 6.45) is 4.39. The Balaban J connectivity index is 2.90. The van der Waals surface area contributed by atoms with Crippen molar-refractivity contribution in [3.63, 3.8) is 0 Å². The maximum atomic E-state index is 11.5. The van der Waals surface area contributed by atoms with E-state index in [4.69, 9.17) is 10.5 Å². The number of carbonyl (C=O) groups is 1. The minimum Gasteiger partial charge on any atom is -0.464 e. The third-order valence-electron chi connectivity index (χ3n) is 1.86. The first kappa shape index (κ1) is 10.6. The van der Waals surface area contributed by atoms with Crippen LogP contribution in [0.25, 0.3) is 0 Å². The summed E-state index contributed by atoms with van der Waals surface area (Å²) < 4.78 is 4.84. The first-order valence-electron chi connectivity index (χ1n) is 4.30. The Hall–Kier alpha value is -1.49. The third-order valence-corrected chi connectivity index (χ3v) is 1.86. The van der Waals surface area contributed by atoms with Gasteiger partial charge in [0.05, 0.1) is 6.61 Å². The SMILES string of the molecule is CCOC(=O)C(C)(N)c1cncnc1. The number of hydrogen-bond acceptors (Lipinski definition) is 5. The van der Waals surface area contributed by atoms with E-state index in [1.165, 1.54) is 18.7 Å². The quantitative estimate of drug-likeness (QED) is 0.698. The predicted octanol–water partition coefficient (Wildman–Crippen LogP) is 0.214. The highest BCUT2D eigenvalue weighted by Gasteiger charge is 2.32. The molecule has 1 heterocycles. The van der Waals surface area contributed by atoms with E-state index in [0.717, 1.165) is 0 Å². The molecule has 0 saturated heterocycles. The Kier molecular flexibility index (Phi) is 3.14. The van der Waals surface area contributed by atoms with Crippen LogP contribution in [0.15, 0.2) is 18.7 Å². The average Bonchev–Trinajstić information content (AvgIpc) is 2.19. The van der Waals surface area contributed by atoms with Gasteiger partial charge in [-0.1, -0.05) is 0 Å². The molecule has 5 nitrogen and oxygen atoms in total. The van der Waals surface area contributed by atoms with Gasteiger partial charge in [-0.3, -0.25) is 0 Å². The van der Waals surface area contributed by atoms with Crippen LogP contribution >= 0.6 is 0 Å². The zero-order valence-electron chi connectivity index (χ0n) is 8.23. The fraction of sp³-hybridized carbons (Fsp3) is 0.444. The molecule has 0 radical (unpaired) electrons. The van der Waals surface area contributed by atoms with E-state index in [2.05, 4.69) is 9.97 Å². The van der Waals surface area contributed by atoms with Gasteiger partial charge in [-0.25, -0.2) is 14.8 Å². The van der Waals surface area contributed by atoms with Crippen LogP contribution in [0.1, 0.15) is 19.4 Å². The zero-order valence-corrected chi connectivity index (χ0v) is 8.23. The molecular weight excluding hydrogens is 182 g/mol. The lowest BCUT2D eigenvalue weighted by Gasteiger charge is -2.21. The fourth-order valence-corrected chi connectivity index (χ4v) is 0.966. The van der Waals surface area contributed by atoms with Crippen molar-refractivity contribution < 1.29 is 9.53 Å². The molecule has 5 heteroatoms. The minimum absolute atomic E-state index is 0.305. The van der Waals surface area contributed by atoms with Gasteiger partial charge in [-0.2, -0.15) is 0 Å². The molecule has 1 aromatic heterocycles. The number of nitrogens with two attached hydrogens (primary N) is 1. The highest BCUT2D eigenvalue weighted by molar-refractivity contribution is 5.81. The second-order valence-corrected chi connectivity index (χ2v) is 3.05. The third kappa shape index (κ3) is 2.05. The minimum atomic E-state index is -1.18. The van der Waals surface area contributed by atoms with Crippen LogP contribution in [0.5, 0.6) is 0 Å². The molecule has 0 aliphatic heterocycles. The Labute approximate surface area is 82.3 Å². The molecule has 0 fully saturated rings. The maximum Gasteiger partial charge on any atom is 0.330 e. The highest BCUT2D eigenvalue weighted by atomic mass is 16.5. The Morgan fingerprint density at radius 1 is 1.57 bits per heavy atom. The molecule has 0 aliphatic carbocycles. The van der Waals surface area contributed by atoms with E-state index in [-0.39, 0.29) is 0 Å². The molecule has 2 N–H and O–H groups in total. The van der Waals surface area contributed by atoms with E-state index >= 15 is 0 Å². The number of aromatic nitrogens is 2. The van der Waals surface area contributed by atoms with Crippen LogP contribution in [0.3, 0.4) is 0 Å². The Morgan fingerprint density at radius 2 is 2.14 bits per heavy atom. The summed E-state index contributed by atoms with van der Waals surface area (Å²) in [6, 6.07) is 0. The van der Waals surface area contributed by atoms with Gasteiger partial charge in [0.1, 0.15) is 11.9 Å². The van der Waals surface area contributed by atoms with Crippen molar-refractivity contribution in [1.29, 1.82) is 0 Å². The lowest BCUT2D eigenvalue weighted by Crippen LogP contribution is -2.43. The van der Waals surface area contributed by atoms with Gasteiger partial charge < -0.3 is 10.5 Å². The molecule has 0 aromatic carbocycles. The van der Waals surface area contributed by atoms with Crippen LogP contribution in [-0.2, 0) is 15.1 Å². The standard InChI is InChI=1S/C9H13N3O2/c1-3-14-8(13)9(2,10)7-4-11-6-12-5-7/h4-6H,3,10H2,1-2H3. The zero-order chi connectivity index (χ0) is 10.6. The second kappa shape index (κ2) is 4.15. The van der Waals surface area contributed by atoms with Crippen LogP contribution in [0.4, 0.5) is 0 Å². The van der Waals surface area contributed by atoms with Crippen molar-refractivity contribution in [3.8, 4) is 0 Å². The number of esters is 1. The first-order chi connectivity index (χ1) is 6.59. The van der Waals surface area contributed by atoms with Gasteiger partial charge in [0, 0.05) is 18.0 Å². The Bertz CT molecular complexity index is 311. The molecule has 76 valence electrons. The van der Waals surface area contributed by atoms with Gasteiger partial charge in [0.15, 0.2) is 0 Å². The summed E-state index contributed by atoms with van der Waals surface area (Å²) in [7, 11) is 0. The van der Waals surface area contributed by atoms with Crippen LogP contribution < -0.4 is 5.73 Å². The van der Waals surface area contributed by atoms with E-state index in [0.29, 0.717) is 12.2 Å². The monoisotopic (exact) mass is 195 g/mol.